The fourth-order valence-electron chi connectivity index (χ4n) is 1.19. The predicted molar refractivity (Wildman–Crippen MR) is 58.3 cm³/mol. The van der Waals surface area contributed by atoms with Crippen LogP contribution in [-0.4, -0.2) is 41.4 Å². The second-order valence-corrected chi connectivity index (χ2v) is 3.69. The first kappa shape index (κ1) is 11.7. The Morgan fingerprint density at radius 1 is 1.60 bits per heavy atom. The van der Waals surface area contributed by atoms with Gasteiger partial charge in [-0.05, 0) is 6.92 Å². The van der Waals surface area contributed by atoms with E-state index < -0.39 is 0 Å². The van der Waals surface area contributed by atoms with Crippen LogP contribution in [0.25, 0.3) is 0 Å². The third-order valence-corrected chi connectivity index (χ3v) is 2.24. The van der Waals surface area contributed by atoms with Crippen LogP contribution in [0.5, 0.6) is 0 Å². The van der Waals surface area contributed by atoms with Crippen LogP contribution in [0, 0.1) is 6.92 Å². The average Bonchev–Trinajstić information content (AvgIpc) is 2.58. The van der Waals surface area contributed by atoms with Crippen molar-refractivity contribution in [3.63, 3.8) is 0 Å². The zero-order valence-electron chi connectivity index (χ0n) is 9.50. The van der Waals surface area contributed by atoms with Crippen LogP contribution in [0.3, 0.4) is 0 Å². The number of aromatic nitrogens is 2. The SMILES string of the molecule is Cc1[nH]cnc1CNCCC(=O)N(C)C. The molecule has 1 aromatic heterocycles. The molecule has 0 aromatic carbocycles. The molecule has 0 radical (unpaired) electrons. The van der Waals surface area contributed by atoms with E-state index in [1.807, 2.05) is 6.92 Å². The monoisotopic (exact) mass is 210 g/mol. The second kappa shape index (κ2) is 5.50. The summed E-state index contributed by atoms with van der Waals surface area (Å²) < 4.78 is 0. The summed E-state index contributed by atoms with van der Waals surface area (Å²) in [6.45, 7) is 3.37. The molecule has 0 spiro atoms. The maximum atomic E-state index is 11.2. The Morgan fingerprint density at radius 3 is 2.87 bits per heavy atom. The zero-order chi connectivity index (χ0) is 11.3. The van der Waals surface area contributed by atoms with Crippen molar-refractivity contribution in [1.82, 2.24) is 20.2 Å². The number of hydrogen-bond acceptors (Lipinski definition) is 3. The largest absolute Gasteiger partial charge is 0.349 e. The lowest BCUT2D eigenvalue weighted by molar-refractivity contribution is -0.128. The lowest BCUT2D eigenvalue weighted by atomic mass is 10.3. The van der Waals surface area contributed by atoms with Gasteiger partial charge in [0.15, 0.2) is 0 Å². The van der Waals surface area contributed by atoms with E-state index in [2.05, 4.69) is 15.3 Å². The highest BCUT2D eigenvalue weighted by Crippen LogP contribution is 1.98. The molecule has 0 aliphatic carbocycles. The molecular weight excluding hydrogens is 192 g/mol. The van der Waals surface area contributed by atoms with E-state index in [1.54, 1.807) is 25.3 Å². The van der Waals surface area contributed by atoms with E-state index >= 15 is 0 Å². The smallest absolute Gasteiger partial charge is 0.223 e. The Labute approximate surface area is 89.9 Å². The van der Waals surface area contributed by atoms with E-state index in [-0.39, 0.29) is 5.91 Å². The van der Waals surface area contributed by atoms with Crippen molar-refractivity contribution >= 4 is 5.91 Å². The van der Waals surface area contributed by atoms with Gasteiger partial charge in [-0.1, -0.05) is 0 Å². The third-order valence-electron chi connectivity index (χ3n) is 2.24. The number of rotatable bonds is 5. The van der Waals surface area contributed by atoms with Crippen molar-refractivity contribution in [1.29, 1.82) is 0 Å². The van der Waals surface area contributed by atoms with Gasteiger partial charge in [0.25, 0.3) is 0 Å². The molecule has 0 atom stereocenters. The fraction of sp³-hybridized carbons (Fsp3) is 0.600. The minimum Gasteiger partial charge on any atom is -0.349 e. The van der Waals surface area contributed by atoms with Crippen molar-refractivity contribution in [3.05, 3.63) is 17.7 Å². The van der Waals surface area contributed by atoms with Gasteiger partial charge in [0.1, 0.15) is 0 Å². The molecule has 0 saturated carbocycles. The van der Waals surface area contributed by atoms with Gasteiger partial charge in [0.2, 0.25) is 5.91 Å². The molecule has 15 heavy (non-hydrogen) atoms. The summed E-state index contributed by atoms with van der Waals surface area (Å²) in [5, 5.41) is 3.18. The highest BCUT2D eigenvalue weighted by Gasteiger charge is 2.03. The lowest BCUT2D eigenvalue weighted by Gasteiger charge is -2.10. The quantitative estimate of drug-likeness (QED) is 0.686. The summed E-state index contributed by atoms with van der Waals surface area (Å²) in [5.41, 5.74) is 2.08. The van der Waals surface area contributed by atoms with Gasteiger partial charge in [-0.3, -0.25) is 4.79 Å². The first-order valence-corrected chi connectivity index (χ1v) is 5.01. The molecule has 5 heteroatoms. The molecule has 0 bridgehead atoms. The molecular formula is C10H18N4O. The zero-order valence-corrected chi connectivity index (χ0v) is 9.50. The molecule has 1 aromatic rings. The van der Waals surface area contributed by atoms with Gasteiger partial charge >= 0.3 is 0 Å². The molecule has 0 aliphatic rings. The number of hydrogen-bond donors (Lipinski definition) is 2. The molecule has 84 valence electrons. The Kier molecular flexibility index (Phi) is 4.30. The van der Waals surface area contributed by atoms with Crippen LogP contribution in [-0.2, 0) is 11.3 Å². The highest BCUT2D eigenvalue weighted by atomic mass is 16.2. The van der Waals surface area contributed by atoms with Crippen molar-refractivity contribution < 1.29 is 4.79 Å². The van der Waals surface area contributed by atoms with Gasteiger partial charge < -0.3 is 15.2 Å². The Hall–Kier alpha value is -1.36. The van der Waals surface area contributed by atoms with Crippen LogP contribution in [0.2, 0.25) is 0 Å². The normalized spacial score (nSPS) is 10.3. The molecule has 0 aliphatic heterocycles. The topological polar surface area (TPSA) is 61.0 Å². The summed E-state index contributed by atoms with van der Waals surface area (Å²) in [5.74, 6) is 0.140. The van der Waals surface area contributed by atoms with Gasteiger partial charge in [-0.2, -0.15) is 0 Å². The number of aromatic amines is 1. The van der Waals surface area contributed by atoms with E-state index in [4.69, 9.17) is 0 Å². The maximum absolute atomic E-state index is 11.2. The average molecular weight is 210 g/mol. The second-order valence-electron chi connectivity index (χ2n) is 3.69. The number of aryl methyl sites for hydroxylation is 1. The van der Waals surface area contributed by atoms with Gasteiger partial charge in [-0.15, -0.1) is 0 Å². The number of nitrogens with one attached hydrogen (secondary N) is 2. The lowest BCUT2D eigenvalue weighted by Crippen LogP contribution is -2.26. The first-order chi connectivity index (χ1) is 7.11. The molecule has 5 nitrogen and oxygen atoms in total. The van der Waals surface area contributed by atoms with Crippen LogP contribution >= 0.6 is 0 Å². The van der Waals surface area contributed by atoms with Crippen molar-refractivity contribution in [2.45, 2.75) is 19.9 Å². The minimum atomic E-state index is 0.140. The molecule has 1 rings (SSSR count). The van der Waals surface area contributed by atoms with E-state index in [0.29, 0.717) is 19.5 Å². The summed E-state index contributed by atoms with van der Waals surface area (Å²) in [6.07, 6.45) is 2.20. The Balaban J connectivity index is 2.18. The van der Waals surface area contributed by atoms with Crippen molar-refractivity contribution in [2.24, 2.45) is 0 Å². The van der Waals surface area contributed by atoms with Crippen molar-refractivity contribution in [3.8, 4) is 0 Å². The number of imidazole rings is 1. The minimum absolute atomic E-state index is 0.140. The van der Waals surface area contributed by atoms with Crippen molar-refractivity contribution in [2.75, 3.05) is 20.6 Å². The first-order valence-electron chi connectivity index (χ1n) is 5.01. The van der Waals surface area contributed by atoms with Gasteiger partial charge in [0.05, 0.1) is 12.0 Å². The summed E-state index contributed by atoms with van der Waals surface area (Å²) >= 11 is 0. The standard InChI is InChI=1S/C10H18N4O/c1-8-9(13-7-12-8)6-11-5-4-10(15)14(2)3/h7,11H,4-6H2,1-3H3,(H,12,13). The molecule has 2 N–H and O–H groups in total. The summed E-state index contributed by atoms with van der Waals surface area (Å²) in [6, 6.07) is 0. The molecule has 0 fully saturated rings. The van der Waals surface area contributed by atoms with Gasteiger partial charge in [0, 0.05) is 39.3 Å². The molecule has 0 unspecified atom stereocenters. The maximum Gasteiger partial charge on any atom is 0.223 e. The van der Waals surface area contributed by atoms with Gasteiger partial charge in [-0.25, -0.2) is 4.98 Å². The number of carbonyl (C=O) groups excluding carboxylic acids is 1. The Bertz CT molecular complexity index is 319. The van der Waals surface area contributed by atoms with Crippen LogP contribution < -0.4 is 5.32 Å². The van der Waals surface area contributed by atoms with E-state index in [1.165, 1.54) is 0 Å². The van der Waals surface area contributed by atoms with Crippen LogP contribution in [0.1, 0.15) is 17.8 Å². The third kappa shape index (κ3) is 3.71. The highest BCUT2D eigenvalue weighted by molar-refractivity contribution is 5.75. The Morgan fingerprint density at radius 2 is 2.33 bits per heavy atom. The number of nitrogens with zero attached hydrogens (tertiary/aromatic N) is 2. The number of carbonyl (C=O) groups is 1. The summed E-state index contributed by atoms with van der Waals surface area (Å²) in [7, 11) is 3.53. The fourth-order valence-corrected chi connectivity index (χ4v) is 1.19. The molecule has 0 saturated heterocycles. The van der Waals surface area contributed by atoms with E-state index in [9.17, 15) is 4.79 Å². The number of H-pyrrole nitrogens is 1. The van der Waals surface area contributed by atoms with Crippen LogP contribution in [0.4, 0.5) is 0 Å². The molecule has 1 amide bonds. The number of amides is 1. The van der Waals surface area contributed by atoms with Crippen LogP contribution in [0.15, 0.2) is 6.33 Å². The molecule has 1 heterocycles. The van der Waals surface area contributed by atoms with E-state index in [0.717, 1.165) is 11.4 Å². The predicted octanol–water partition coefficient (Wildman–Crippen LogP) is 0.286. The summed E-state index contributed by atoms with van der Waals surface area (Å²) in [4.78, 5) is 20.0.